The van der Waals surface area contributed by atoms with Crippen molar-refractivity contribution in [1.29, 1.82) is 0 Å². The summed E-state index contributed by atoms with van der Waals surface area (Å²) in [6.07, 6.45) is 5.25. The molecule has 0 unspecified atom stereocenters. The number of likely N-dealkylation sites (tertiary alicyclic amines) is 1. The zero-order chi connectivity index (χ0) is 14.9. The van der Waals surface area contributed by atoms with E-state index in [1.165, 1.54) is 55.8 Å². The average Bonchev–Trinajstić information content (AvgIpc) is 3.14. The van der Waals surface area contributed by atoms with E-state index >= 15 is 0 Å². The second-order valence-electron chi connectivity index (χ2n) is 5.64. The van der Waals surface area contributed by atoms with Gasteiger partial charge in [-0.15, -0.1) is 11.3 Å². The van der Waals surface area contributed by atoms with Crippen LogP contribution in [-0.2, 0) is 6.54 Å². The van der Waals surface area contributed by atoms with Gasteiger partial charge in [0.25, 0.3) is 0 Å². The summed E-state index contributed by atoms with van der Waals surface area (Å²) in [6.45, 7) is 7.87. The van der Waals surface area contributed by atoms with Gasteiger partial charge in [-0.2, -0.15) is 0 Å². The monoisotopic (exact) mass is 308 g/mol. The van der Waals surface area contributed by atoms with E-state index in [-0.39, 0.29) is 0 Å². The second-order valence-corrected chi connectivity index (χ2v) is 6.64. The van der Waals surface area contributed by atoms with Gasteiger partial charge in [0, 0.05) is 18.5 Å². The van der Waals surface area contributed by atoms with E-state index < -0.39 is 0 Å². The molecule has 21 heavy (non-hydrogen) atoms. The van der Waals surface area contributed by atoms with Crippen LogP contribution < -0.4 is 10.6 Å². The summed E-state index contributed by atoms with van der Waals surface area (Å²) in [5, 5.41) is 8.93. The van der Waals surface area contributed by atoms with Gasteiger partial charge in [0.1, 0.15) is 0 Å². The summed E-state index contributed by atoms with van der Waals surface area (Å²) in [4.78, 5) is 8.24. The Bertz CT molecular complexity index is 435. The van der Waals surface area contributed by atoms with Gasteiger partial charge in [-0.05, 0) is 69.3 Å². The predicted molar refractivity (Wildman–Crippen MR) is 92.2 cm³/mol. The lowest BCUT2D eigenvalue weighted by molar-refractivity contribution is 0.330. The van der Waals surface area contributed by atoms with Crippen molar-refractivity contribution in [3.8, 4) is 0 Å². The number of guanidine groups is 1. The summed E-state index contributed by atoms with van der Waals surface area (Å²) in [5.41, 5.74) is 1.36. The lowest BCUT2D eigenvalue weighted by Gasteiger charge is -2.15. The summed E-state index contributed by atoms with van der Waals surface area (Å²) >= 11 is 1.80. The van der Waals surface area contributed by atoms with Crippen molar-refractivity contribution in [2.24, 2.45) is 4.99 Å². The van der Waals surface area contributed by atoms with E-state index in [0.717, 1.165) is 19.0 Å². The smallest absolute Gasteiger partial charge is 0.191 e. The van der Waals surface area contributed by atoms with Crippen LogP contribution in [0.4, 0.5) is 0 Å². The Labute approximate surface area is 132 Å². The molecule has 1 aliphatic rings. The first-order chi connectivity index (χ1) is 10.3. The molecule has 2 N–H and O–H groups in total. The highest BCUT2D eigenvalue weighted by Crippen LogP contribution is 2.14. The van der Waals surface area contributed by atoms with Crippen molar-refractivity contribution in [2.45, 2.75) is 39.2 Å². The number of hydrogen-bond donors (Lipinski definition) is 2. The Morgan fingerprint density at radius 3 is 2.76 bits per heavy atom. The first-order valence-corrected chi connectivity index (χ1v) is 8.87. The molecule has 1 aromatic rings. The number of thiophene rings is 1. The average molecular weight is 308 g/mol. The molecule has 2 rings (SSSR count). The maximum Gasteiger partial charge on any atom is 0.191 e. The summed E-state index contributed by atoms with van der Waals surface area (Å²) in [6, 6.07) is 2.16. The Morgan fingerprint density at radius 2 is 2.10 bits per heavy atom. The third kappa shape index (κ3) is 5.67. The molecule has 1 aromatic heterocycles. The number of rotatable bonds is 7. The molecule has 118 valence electrons. The van der Waals surface area contributed by atoms with Crippen LogP contribution in [0, 0.1) is 6.92 Å². The molecule has 0 radical (unpaired) electrons. The Hall–Kier alpha value is -1.07. The fraction of sp³-hybridized carbons (Fsp3) is 0.688. The molecule has 0 spiro atoms. The lowest BCUT2D eigenvalue weighted by atomic mass is 10.3. The number of aliphatic imine (C=N–C) groups is 1. The number of nitrogens with zero attached hydrogens (tertiary/aromatic N) is 2. The van der Waals surface area contributed by atoms with Gasteiger partial charge in [0.2, 0.25) is 0 Å². The van der Waals surface area contributed by atoms with Gasteiger partial charge in [0.05, 0.1) is 6.54 Å². The lowest BCUT2D eigenvalue weighted by Crippen LogP contribution is -2.37. The minimum Gasteiger partial charge on any atom is -0.356 e. The van der Waals surface area contributed by atoms with E-state index in [0.29, 0.717) is 0 Å². The number of nitrogens with one attached hydrogen (secondary N) is 2. The molecule has 1 fully saturated rings. The summed E-state index contributed by atoms with van der Waals surface area (Å²) in [7, 11) is 1.83. The highest BCUT2D eigenvalue weighted by Gasteiger charge is 2.10. The molecule has 1 saturated heterocycles. The standard InChI is InChI=1S/C16H28N4S/c1-14-7-12-21-15(14)13-19-16(17-2)18-8-3-4-9-20-10-5-6-11-20/h7,12H,3-6,8-11,13H2,1-2H3,(H2,17,18,19). The molecular formula is C16H28N4S. The molecule has 5 heteroatoms. The highest BCUT2D eigenvalue weighted by atomic mass is 32.1. The van der Waals surface area contributed by atoms with Crippen LogP contribution in [0.2, 0.25) is 0 Å². The first kappa shape index (κ1) is 16.3. The zero-order valence-electron chi connectivity index (χ0n) is 13.3. The Balaban J connectivity index is 1.56. The minimum absolute atomic E-state index is 0.858. The number of unbranched alkanes of at least 4 members (excludes halogenated alkanes) is 1. The van der Waals surface area contributed by atoms with Crippen molar-refractivity contribution in [1.82, 2.24) is 15.5 Å². The van der Waals surface area contributed by atoms with Crippen molar-refractivity contribution in [3.63, 3.8) is 0 Å². The Kier molecular flexibility index (Phi) is 7.03. The molecule has 4 nitrogen and oxygen atoms in total. The molecule has 0 amide bonds. The van der Waals surface area contributed by atoms with Crippen LogP contribution in [0.15, 0.2) is 16.4 Å². The van der Waals surface area contributed by atoms with E-state index in [2.05, 4.69) is 38.9 Å². The predicted octanol–water partition coefficient (Wildman–Crippen LogP) is 2.60. The Morgan fingerprint density at radius 1 is 1.29 bits per heavy atom. The summed E-state index contributed by atoms with van der Waals surface area (Å²) in [5.74, 6) is 0.906. The molecular weight excluding hydrogens is 280 g/mol. The van der Waals surface area contributed by atoms with Gasteiger partial charge < -0.3 is 15.5 Å². The van der Waals surface area contributed by atoms with Crippen LogP contribution in [0.1, 0.15) is 36.1 Å². The van der Waals surface area contributed by atoms with Crippen molar-refractivity contribution < 1.29 is 0 Å². The molecule has 2 heterocycles. The topological polar surface area (TPSA) is 39.7 Å². The van der Waals surface area contributed by atoms with Gasteiger partial charge in [0.15, 0.2) is 5.96 Å². The molecule has 0 atom stereocenters. The maximum atomic E-state index is 4.28. The van der Waals surface area contributed by atoms with Crippen LogP contribution in [0.3, 0.4) is 0 Å². The van der Waals surface area contributed by atoms with Gasteiger partial charge in [-0.25, -0.2) is 0 Å². The second kappa shape index (κ2) is 9.05. The fourth-order valence-corrected chi connectivity index (χ4v) is 3.49. The van der Waals surface area contributed by atoms with Crippen molar-refractivity contribution in [2.75, 3.05) is 33.2 Å². The number of aryl methyl sites for hydroxylation is 1. The van der Waals surface area contributed by atoms with Crippen LogP contribution in [-0.4, -0.2) is 44.1 Å². The molecule has 0 saturated carbocycles. The van der Waals surface area contributed by atoms with Crippen LogP contribution in [0.25, 0.3) is 0 Å². The van der Waals surface area contributed by atoms with E-state index in [9.17, 15) is 0 Å². The van der Waals surface area contributed by atoms with Crippen molar-refractivity contribution >= 4 is 17.3 Å². The third-order valence-corrected chi connectivity index (χ3v) is 5.02. The molecule has 0 aromatic carbocycles. The highest BCUT2D eigenvalue weighted by molar-refractivity contribution is 7.10. The molecule has 1 aliphatic heterocycles. The molecule has 0 bridgehead atoms. The molecule has 0 aliphatic carbocycles. The zero-order valence-corrected chi connectivity index (χ0v) is 14.1. The van der Waals surface area contributed by atoms with E-state index in [1.807, 2.05) is 7.05 Å². The van der Waals surface area contributed by atoms with E-state index in [1.54, 1.807) is 11.3 Å². The van der Waals surface area contributed by atoms with E-state index in [4.69, 9.17) is 0 Å². The van der Waals surface area contributed by atoms with Crippen LogP contribution >= 0.6 is 11.3 Å². The maximum absolute atomic E-state index is 4.28. The van der Waals surface area contributed by atoms with Gasteiger partial charge in [-0.1, -0.05) is 0 Å². The van der Waals surface area contributed by atoms with Gasteiger partial charge >= 0.3 is 0 Å². The third-order valence-electron chi connectivity index (χ3n) is 4.00. The van der Waals surface area contributed by atoms with Gasteiger partial charge in [-0.3, -0.25) is 4.99 Å². The normalized spacial score (nSPS) is 16.4. The largest absolute Gasteiger partial charge is 0.356 e. The quantitative estimate of drug-likeness (QED) is 0.462. The SMILES string of the molecule is CN=C(NCCCCN1CCCC1)NCc1sccc1C. The minimum atomic E-state index is 0.858. The fourth-order valence-electron chi connectivity index (χ4n) is 2.64. The number of hydrogen-bond acceptors (Lipinski definition) is 3. The first-order valence-electron chi connectivity index (χ1n) is 7.99. The summed E-state index contributed by atoms with van der Waals surface area (Å²) < 4.78 is 0. The van der Waals surface area contributed by atoms with Crippen molar-refractivity contribution in [3.05, 3.63) is 21.9 Å². The van der Waals surface area contributed by atoms with Crippen LogP contribution in [0.5, 0.6) is 0 Å².